The number of carbonyl (C=O) groups is 1. The van der Waals surface area contributed by atoms with Gasteiger partial charge in [-0.15, -0.1) is 0 Å². The molecular formula is C20H21FN4O. The van der Waals surface area contributed by atoms with Crippen molar-refractivity contribution >= 4 is 11.7 Å². The summed E-state index contributed by atoms with van der Waals surface area (Å²) >= 11 is 0. The number of amides is 2. The summed E-state index contributed by atoms with van der Waals surface area (Å²) in [5, 5.41) is 11.8. The second-order valence-corrected chi connectivity index (χ2v) is 6.29. The lowest BCUT2D eigenvalue weighted by molar-refractivity contribution is 0.148. The molecule has 0 aromatic heterocycles. The predicted molar refractivity (Wildman–Crippen MR) is 98.3 cm³/mol. The largest absolute Gasteiger partial charge is 0.322 e. The number of hydrogen-bond acceptors (Lipinski definition) is 3. The molecule has 6 heteroatoms. The predicted octanol–water partition coefficient (Wildman–Crippen LogP) is 3.09. The molecule has 0 aliphatic carbocycles. The van der Waals surface area contributed by atoms with Crippen LogP contribution in [0.1, 0.15) is 11.1 Å². The maximum Gasteiger partial charge on any atom is 0.321 e. The van der Waals surface area contributed by atoms with Gasteiger partial charge in [0.05, 0.1) is 11.6 Å². The van der Waals surface area contributed by atoms with E-state index < -0.39 is 0 Å². The van der Waals surface area contributed by atoms with Crippen molar-refractivity contribution in [3.05, 3.63) is 65.5 Å². The number of halogens is 1. The van der Waals surface area contributed by atoms with Gasteiger partial charge in [0.15, 0.2) is 0 Å². The molecule has 1 aliphatic heterocycles. The van der Waals surface area contributed by atoms with Crippen LogP contribution in [0.2, 0.25) is 0 Å². The maximum atomic E-state index is 13.7. The van der Waals surface area contributed by atoms with E-state index in [-0.39, 0.29) is 11.8 Å². The van der Waals surface area contributed by atoms with Crippen LogP contribution < -0.4 is 5.32 Å². The molecule has 1 N–H and O–H groups in total. The molecule has 0 saturated carbocycles. The number of carbonyl (C=O) groups excluding carboxylic acids is 1. The fourth-order valence-electron chi connectivity index (χ4n) is 3.02. The summed E-state index contributed by atoms with van der Waals surface area (Å²) in [5.41, 5.74) is 1.86. The Balaban J connectivity index is 1.46. The van der Waals surface area contributed by atoms with Crippen LogP contribution in [0.25, 0.3) is 0 Å². The Morgan fingerprint density at radius 1 is 1.12 bits per heavy atom. The Hall–Kier alpha value is -2.91. The summed E-state index contributed by atoms with van der Waals surface area (Å²) in [6, 6.07) is 15.6. The highest BCUT2D eigenvalue weighted by atomic mass is 19.1. The normalized spacial score (nSPS) is 14.7. The molecule has 134 valence electrons. The van der Waals surface area contributed by atoms with Gasteiger partial charge in [0.1, 0.15) is 5.82 Å². The number of nitrogens with one attached hydrogen (secondary N) is 1. The van der Waals surface area contributed by atoms with Gasteiger partial charge in [0.25, 0.3) is 0 Å². The fourth-order valence-corrected chi connectivity index (χ4v) is 3.02. The van der Waals surface area contributed by atoms with Gasteiger partial charge < -0.3 is 10.2 Å². The summed E-state index contributed by atoms with van der Waals surface area (Å²) in [7, 11) is 0. The minimum Gasteiger partial charge on any atom is -0.322 e. The standard InChI is InChI=1S/C20H21FN4O/c21-19-7-2-1-5-17(19)8-9-24-10-12-25(13-11-24)20(26)23-18-6-3-4-16(14-18)15-22/h1-7,14H,8-13H2,(H,23,26). The van der Waals surface area contributed by atoms with Crippen LogP contribution in [0.5, 0.6) is 0 Å². The van der Waals surface area contributed by atoms with E-state index in [9.17, 15) is 9.18 Å². The van der Waals surface area contributed by atoms with Gasteiger partial charge >= 0.3 is 6.03 Å². The average Bonchev–Trinajstić information content (AvgIpc) is 2.68. The number of anilines is 1. The first kappa shape index (κ1) is 17.9. The SMILES string of the molecule is N#Cc1cccc(NC(=O)N2CCN(CCc3ccccc3F)CC2)c1. The topological polar surface area (TPSA) is 59.4 Å². The number of hydrogen-bond donors (Lipinski definition) is 1. The monoisotopic (exact) mass is 352 g/mol. The van der Waals surface area contributed by atoms with Gasteiger partial charge in [-0.05, 0) is 36.2 Å². The third kappa shape index (κ3) is 4.58. The summed E-state index contributed by atoms with van der Waals surface area (Å²) < 4.78 is 13.7. The summed E-state index contributed by atoms with van der Waals surface area (Å²) in [6.45, 7) is 3.56. The van der Waals surface area contributed by atoms with Crippen LogP contribution in [-0.4, -0.2) is 48.6 Å². The lowest BCUT2D eigenvalue weighted by Crippen LogP contribution is -2.50. The Morgan fingerprint density at radius 3 is 2.62 bits per heavy atom. The molecule has 1 aliphatic rings. The molecular weight excluding hydrogens is 331 g/mol. The van der Waals surface area contributed by atoms with Crippen LogP contribution in [0.4, 0.5) is 14.9 Å². The third-order valence-corrected chi connectivity index (χ3v) is 4.56. The van der Waals surface area contributed by atoms with E-state index in [0.717, 1.165) is 25.2 Å². The molecule has 26 heavy (non-hydrogen) atoms. The van der Waals surface area contributed by atoms with E-state index in [4.69, 9.17) is 5.26 Å². The average molecular weight is 352 g/mol. The number of piperazine rings is 1. The lowest BCUT2D eigenvalue weighted by Gasteiger charge is -2.34. The molecule has 0 radical (unpaired) electrons. The first-order valence-electron chi connectivity index (χ1n) is 8.67. The van der Waals surface area contributed by atoms with Crippen LogP contribution in [0, 0.1) is 17.1 Å². The van der Waals surface area contributed by atoms with Gasteiger partial charge in [-0.2, -0.15) is 5.26 Å². The zero-order valence-electron chi connectivity index (χ0n) is 14.5. The van der Waals surface area contributed by atoms with Crippen molar-refractivity contribution in [2.45, 2.75) is 6.42 Å². The molecule has 2 amide bonds. The quantitative estimate of drug-likeness (QED) is 0.920. The van der Waals surface area contributed by atoms with Crippen LogP contribution in [0.15, 0.2) is 48.5 Å². The second kappa shape index (κ2) is 8.45. The smallest absolute Gasteiger partial charge is 0.321 e. The number of rotatable bonds is 4. The summed E-state index contributed by atoms with van der Waals surface area (Å²) in [4.78, 5) is 16.4. The maximum absolute atomic E-state index is 13.7. The molecule has 1 heterocycles. The molecule has 0 spiro atoms. The first-order chi connectivity index (χ1) is 12.7. The van der Waals surface area contributed by atoms with Gasteiger partial charge in [-0.3, -0.25) is 4.90 Å². The minimum absolute atomic E-state index is 0.158. The van der Waals surface area contributed by atoms with E-state index >= 15 is 0 Å². The van der Waals surface area contributed by atoms with Crippen LogP contribution in [-0.2, 0) is 6.42 Å². The van der Waals surface area contributed by atoms with E-state index in [1.165, 1.54) is 6.07 Å². The zero-order chi connectivity index (χ0) is 18.4. The molecule has 1 saturated heterocycles. The van der Waals surface area contributed by atoms with Crippen molar-refractivity contribution in [2.75, 3.05) is 38.0 Å². The Labute approximate surface area is 152 Å². The summed E-state index contributed by atoms with van der Waals surface area (Å²) in [5.74, 6) is -0.162. The van der Waals surface area contributed by atoms with Crippen molar-refractivity contribution in [1.82, 2.24) is 9.80 Å². The summed E-state index contributed by atoms with van der Waals surface area (Å²) in [6.07, 6.45) is 0.666. The molecule has 3 rings (SSSR count). The molecule has 5 nitrogen and oxygen atoms in total. The van der Waals surface area contributed by atoms with Crippen molar-refractivity contribution in [3.63, 3.8) is 0 Å². The van der Waals surface area contributed by atoms with Crippen molar-refractivity contribution in [2.24, 2.45) is 0 Å². The highest BCUT2D eigenvalue weighted by molar-refractivity contribution is 5.89. The van der Waals surface area contributed by atoms with Gasteiger partial charge in [0, 0.05) is 38.4 Å². The molecule has 0 atom stereocenters. The molecule has 0 unspecified atom stereocenters. The Morgan fingerprint density at radius 2 is 1.88 bits per heavy atom. The highest BCUT2D eigenvalue weighted by Crippen LogP contribution is 2.13. The zero-order valence-corrected chi connectivity index (χ0v) is 14.5. The molecule has 2 aromatic rings. The van der Waals surface area contributed by atoms with Crippen molar-refractivity contribution < 1.29 is 9.18 Å². The number of nitrogens with zero attached hydrogens (tertiary/aromatic N) is 3. The molecule has 1 fully saturated rings. The number of benzene rings is 2. The minimum atomic E-state index is -0.162. The lowest BCUT2D eigenvalue weighted by atomic mass is 10.1. The van der Waals surface area contributed by atoms with Gasteiger partial charge in [-0.1, -0.05) is 24.3 Å². The van der Waals surface area contributed by atoms with Gasteiger partial charge in [0.2, 0.25) is 0 Å². The molecule has 2 aromatic carbocycles. The van der Waals surface area contributed by atoms with E-state index in [2.05, 4.69) is 16.3 Å². The number of urea groups is 1. The Bertz CT molecular complexity index is 809. The van der Waals surface area contributed by atoms with Crippen LogP contribution in [0.3, 0.4) is 0 Å². The van der Waals surface area contributed by atoms with Crippen molar-refractivity contribution in [1.29, 1.82) is 5.26 Å². The van der Waals surface area contributed by atoms with E-state index in [0.29, 0.717) is 30.8 Å². The Kier molecular flexibility index (Phi) is 5.82. The van der Waals surface area contributed by atoms with Crippen LogP contribution >= 0.6 is 0 Å². The third-order valence-electron chi connectivity index (χ3n) is 4.56. The van der Waals surface area contributed by atoms with Crippen molar-refractivity contribution in [3.8, 4) is 6.07 Å². The molecule has 0 bridgehead atoms. The highest BCUT2D eigenvalue weighted by Gasteiger charge is 2.21. The van der Waals surface area contributed by atoms with Gasteiger partial charge in [-0.25, -0.2) is 9.18 Å². The second-order valence-electron chi connectivity index (χ2n) is 6.29. The fraction of sp³-hybridized carbons (Fsp3) is 0.300. The van der Waals surface area contributed by atoms with E-state index in [1.807, 2.05) is 12.1 Å². The van der Waals surface area contributed by atoms with E-state index in [1.54, 1.807) is 35.2 Å². The number of nitriles is 1. The first-order valence-corrected chi connectivity index (χ1v) is 8.67.